The summed E-state index contributed by atoms with van der Waals surface area (Å²) in [6.07, 6.45) is 0.807. The maximum atomic E-state index is 12.8. The van der Waals surface area contributed by atoms with Crippen molar-refractivity contribution in [3.05, 3.63) is 77.2 Å². The van der Waals surface area contributed by atoms with Gasteiger partial charge in [0, 0.05) is 16.2 Å². The van der Waals surface area contributed by atoms with Crippen LogP contribution in [0.1, 0.15) is 34.4 Å². The van der Waals surface area contributed by atoms with E-state index in [2.05, 4.69) is 27.3 Å². The third-order valence-corrected chi connectivity index (χ3v) is 5.62. The van der Waals surface area contributed by atoms with Crippen LogP contribution >= 0.6 is 11.8 Å². The molecule has 0 aliphatic carbocycles. The van der Waals surface area contributed by atoms with Crippen LogP contribution in [0.15, 0.2) is 64.5 Å². The van der Waals surface area contributed by atoms with Gasteiger partial charge in [0.05, 0.1) is 5.69 Å². The molecule has 0 saturated carbocycles. The monoisotopic (exact) mass is 403 g/mol. The van der Waals surface area contributed by atoms with Crippen LogP contribution in [0.4, 0.5) is 5.69 Å². The number of carbonyl (C=O) groups excluding carboxylic acids is 1. The molecule has 4 rings (SSSR count). The number of carbonyl (C=O) groups is 1. The molecule has 0 fully saturated rings. The smallest absolute Gasteiger partial charge is 0.255 e. The van der Waals surface area contributed by atoms with Gasteiger partial charge in [0.15, 0.2) is 0 Å². The summed E-state index contributed by atoms with van der Waals surface area (Å²) in [4.78, 5) is 22.7. The quantitative estimate of drug-likeness (QED) is 0.489. The second-order valence-electron chi connectivity index (χ2n) is 6.68. The molecule has 2 aromatic carbocycles. The predicted octanol–water partition coefficient (Wildman–Crippen LogP) is 4.71. The van der Waals surface area contributed by atoms with Gasteiger partial charge in [0.1, 0.15) is 10.9 Å². The van der Waals surface area contributed by atoms with Crippen molar-refractivity contribution in [3.63, 3.8) is 0 Å². The minimum atomic E-state index is -0.123. The van der Waals surface area contributed by atoms with E-state index in [0.29, 0.717) is 17.2 Å². The van der Waals surface area contributed by atoms with Crippen molar-refractivity contribution >= 4 is 29.1 Å². The first kappa shape index (κ1) is 19.1. The average molecular weight is 404 g/mol. The van der Waals surface area contributed by atoms with E-state index >= 15 is 0 Å². The van der Waals surface area contributed by atoms with E-state index in [1.165, 1.54) is 11.8 Å². The third-order valence-electron chi connectivity index (χ3n) is 4.54. The zero-order chi connectivity index (χ0) is 20.4. The van der Waals surface area contributed by atoms with Gasteiger partial charge in [-0.2, -0.15) is 9.50 Å². The molecule has 0 unspecified atom stereocenters. The van der Waals surface area contributed by atoms with Crippen molar-refractivity contribution in [2.24, 2.45) is 0 Å². The van der Waals surface area contributed by atoms with E-state index in [4.69, 9.17) is 0 Å². The van der Waals surface area contributed by atoms with Gasteiger partial charge in [0.25, 0.3) is 11.7 Å². The van der Waals surface area contributed by atoms with Crippen LogP contribution in [0.2, 0.25) is 0 Å². The zero-order valence-electron chi connectivity index (χ0n) is 16.5. The minimum Gasteiger partial charge on any atom is -0.321 e. The van der Waals surface area contributed by atoms with E-state index in [1.54, 1.807) is 4.52 Å². The summed E-state index contributed by atoms with van der Waals surface area (Å²) >= 11 is 1.53. The van der Waals surface area contributed by atoms with E-state index in [0.717, 1.165) is 33.3 Å². The van der Waals surface area contributed by atoms with Crippen LogP contribution in [0, 0.1) is 13.8 Å². The molecule has 2 aromatic heterocycles. The van der Waals surface area contributed by atoms with Gasteiger partial charge < -0.3 is 5.32 Å². The molecule has 0 spiro atoms. The number of hydrogen-bond donors (Lipinski definition) is 1. The Labute approximate surface area is 173 Å². The molecular formula is C22H21N5OS. The molecule has 0 saturated heterocycles. The highest BCUT2D eigenvalue weighted by Crippen LogP contribution is 2.34. The molecule has 1 N–H and O–H groups in total. The summed E-state index contributed by atoms with van der Waals surface area (Å²) in [5.41, 5.74) is 3.31. The Hall–Kier alpha value is -3.19. The van der Waals surface area contributed by atoms with Crippen LogP contribution in [0.3, 0.4) is 0 Å². The van der Waals surface area contributed by atoms with Gasteiger partial charge in [-0.25, -0.2) is 4.98 Å². The van der Waals surface area contributed by atoms with E-state index in [1.807, 2.05) is 68.4 Å². The normalized spacial score (nSPS) is 11.0. The maximum Gasteiger partial charge on any atom is 0.255 e. The first-order valence-corrected chi connectivity index (χ1v) is 10.2. The van der Waals surface area contributed by atoms with Gasteiger partial charge >= 0.3 is 0 Å². The first-order chi connectivity index (χ1) is 14.0. The largest absolute Gasteiger partial charge is 0.321 e. The minimum absolute atomic E-state index is 0.123. The second-order valence-corrected chi connectivity index (χ2v) is 7.74. The maximum absolute atomic E-state index is 12.8. The van der Waals surface area contributed by atoms with Gasteiger partial charge in [-0.3, -0.25) is 4.79 Å². The first-order valence-electron chi connectivity index (χ1n) is 9.42. The number of nitrogens with zero attached hydrogens (tertiary/aromatic N) is 4. The summed E-state index contributed by atoms with van der Waals surface area (Å²) in [5.74, 6) is 1.14. The predicted molar refractivity (Wildman–Crippen MR) is 115 cm³/mol. The van der Waals surface area contributed by atoms with Gasteiger partial charge in [-0.05, 0) is 50.1 Å². The number of aryl methyl sites for hydroxylation is 3. The highest BCUT2D eigenvalue weighted by molar-refractivity contribution is 7.99. The number of anilines is 1. The van der Waals surface area contributed by atoms with Gasteiger partial charge in [-0.1, -0.05) is 49.0 Å². The van der Waals surface area contributed by atoms with E-state index in [9.17, 15) is 4.79 Å². The van der Waals surface area contributed by atoms with Crippen LogP contribution < -0.4 is 5.32 Å². The topological polar surface area (TPSA) is 72.2 Å². The molecule has 2 heterocycles. The summed E-state index contributed by atoms with van der Waals surface area (Å²) in [5, 5.41) is 8.43. The van der Waals surface area contributed by atoms with Crippen LogP contribution in [0.5, 0.6) is 0 Å². The van der Waals surface area contributed by atoms with Crippen molar-refractivity contribution in [1.29, 1.82) is 0 Å². The van der Waals surface area contributed by atoms with Crippen LogP contribution in [-0.4, -0.2) is 25.5 Å². The lowest BCUT2D eigenvalue weighted by Crippen LogP contribution is -2.13. The molecule has 1 amide bonds. The molecular weight excluding hydrogens is 382 g/mol. The number of aromatic nitrogens is 4. The molecule has 0 aliphatic heterocycles. The van der Waals surface area contributed by atoms with Gasteiger partial charge in [-0.15, -0.1) is 5.10 Å². The molecule has 7 heteroatoms. The lowest BCUT2D eigenvalue weighted by molar-refractivity contribution is 0.102. The Balaban J connectivity index is 1.69. The molecule has 0 bridgehead atoms. The molecule has 6 nitrogen and oxygen atoms in total. The van der Waals surface area contributed by atoms with E-state index < -0.39 is 0 Å². The standard InChI is InChI=1S/C22H21N5OS/c1-4-16-13-20(27-22(24-16)23-15(3)26-27)29-19-12-8-7-11-18(19)25-21(28)17-10-6-5-9-14(17)2/h5-13H,4H2,1-3H3,(H,25,28). The summed E-state index contributed by atoms with van der Waals surface area (Å²) in [6, 6.07) is 17.3. The zero-order valence-corrected chi connectivity index (χ0v) is 17.3. The average Bonchev–Trinajstić information content (AvgIpc) is 3.10. The highest BCUT2D eigenvalue weighted by atomic mass is 32.2. The summed E-state index contributed by atoms with van der Waals surface area (Å²) < 4.78 is 1.75. The van der Waals surface area contributed by atoms with Crippen molar-refractivity contribution in [2.45, 2.75) is 37.1 Å². The number of nitrogens with one attached hydrogen (secondary N) is 1. The van der Waals surface area contributed by atoms with Crippen molar-refractivity contribution in [2.75, 3.05) is 5.32 Å². The molecule has 29 heavy (non-hydrogen) atoms. The van der Waals surface area contributed by atoms with E-state index in [-0.39, 0.29) is 5.91 Å². The summed E-state index contributed by atoms with van der Waals surface area (Å²) in [6.45, 7) is 5.85. The third kappa shape index (κ3) is 4.00. The Morgan fingerprint density at radius 2 is 1.83 bits per heavy atom. The Morgan fingerprint density at radius 3 is 2.62 bits per heavy atom. The van der Waals surface area contributed by atoms with Crippen molar-refractivity contribution < 1.29 is 4.79 Å². The van der Waals surface area contributed by atoms with Gasteiger partial charge in [0.2, 0.25) is 0 Å². The SMILES string of the molecule is CCc1cc(Sc2ccccc2NC(=O)c2ccccc2C)n2nc(C)nc2n1. The Bertz CT molecular complexity index is 1200. The van der Waals surface area contributed by atoms with Crippen LogP contribution in [0.25, 0.3) is 5.78 Å². The lowest BCUT2D eigenvalue weighted by Gasteiger charge is -2.12. The Morgan fingerprint density at radius 1 is 1.07 bits per heavy atom. The number of rotatable bonds is 5. The molecule has 0 radical (unpaired) electrons. The molecule has 0 atom stereocenters. The fourth-order valence-electron chi connectivity index (χ4n) is 3.03. The molecule has 4 aromatic rings. The fourth-order valence-corrected chi connectivity index (χ4v) is 4.04. The summed E-state index contributed by atoms with van der Waals surface area (Å²) in [7, 11) is 0. The van der Waals surface area contributed by atoms with Crippen LogP contribution in [-0.2, 0) is 6.42 Å². The number of benzene rings is 2. The second kappa shape index (κ2) is 8.05. The fraction of sp³-hybridized carbons (Fsp3) is 0.182. The number of para-hydroxylation sites is 1. The highest BCUT2D eigenvalue weighted by Gasteiger charge is 2.15. The number of amides is 1. The number of fused-ring (bicyclic) bond motifs is 1. The Kier molecular flexibility index (Phi) is 5.31. The molecule has 0 aliphatic rings. The van der Waals surface area contributed by atoms with Crippen molar-refractivity contribution in [3.8, 4) is 0 Å². The lowest BCUT2D eigenvalue weighted by atomic mass is 10.1. The van der Waals surface area contributed by atoms with Crippen molar-refractivity contribution in [1.82, 2.24) is 19.6 Å². The molecule has 146 valence electrons. The number of hydrogen-bond acceptors (Lipinski definition) is 5.